The van der Waals surface area contributed by atoms with E-state index in [-0.39, 0.29) is 18.2 Å². The Hall–Kier alpha value is -2.50. The van der Waals surface area contributed by atoms with Crippen LogP contribution in [0, 0.1) is 0 Å². The predicted molar refractivity (Wildman–Crippen MR) is 63.4 cm³/mol. The Bertz CT molecular complexity index is 536. The summed E-state index contributed by atoms with van der Waals surface area (Å²) in [5.41, 5.74) is 6.53. The first-order valence-corrected chi connectivity index (χ1v) is 5.00. The van der Waals surface area contributed by atoms with Crippen molar-refractivity contribution in [2.24, 2.45) is 0 Å². The molecule has 1 aromatic heterocycles. The Labute approximate surface area is 97.7 Å². The van der Waals surface area contributed by atoms with Gasteiger partial charge in [-0.2, -0.15) is 5.10 Å². The van der Waals surface area contributed by atoms with Crippen LogP contribution in [0.25, 0.3) is 0 Å². The van der Waals surface area contributed by atoms with Crippen molar-refractivity contribution in [2.45, 2.75) is 6.54 Å². The van der Waals surface area contributed by atoms with Crippen LogP contribution in [0.2, 0.25) is 0 Å². The van der Waals surface area contributed by atoms with Crippen LogP contribution in [0.4, 0.5) is 11.4 Å². The summed E-state index contributed by atoms with van der Waals surface area (Å²) < 4.78 is 1.44. The maximum absolute atomic E-state index is 11.6. The Morgan fingerprint density at radius 2 is 2.35 bits per heavy atom. The van der Waals surface area contributed by atoms with E-state index < -0.39 is 0 Å². The molecule has 0 aliphatic carbocycles. The van der Waals surface area contributed by atoms with E-state index in [4.69, 9.17) is 5.73 Å². The third-order valence-electron chi connectivity index (χ3n) is 2.09. The zero-order valence-electron chi connectivity index (χ0n) is 9.00. The second kappa shape index (κ2) is 4.56. The fourth-order valence-corrected chi connectivity index (χ4v) is 1.40. The minimum absolute atomic E-state index is 0.0762. The van der Waals surface area contributed by atoms with Crippen LogP contribution < -0.4 is 11.1 Å². The first-order chi connectivity index (χ1) is 8.13. The van der Waals surface area contributed by atoms with Gasteiger partial charge in [-0.15, -0.1) is 0 Å². The number of nitrogen functional groups attached to an aromatic ring is 1. The van der Waals surface area contributed by atoms with Crippen molar-refractivity contribution in [2.75, 3.05) is 11.1 Å². The molecule has 0 spiro atoms. The van der Waals surface area contributed by atoms with Crippen LogP contribution in [0.5, 0.6) is 5.75 Å². The minimum atomic E-state index is -0.237. The number of anilines is 2. The SMILES string of the molecule is Nc1cnn(CC(=O)Nc2cccc(O)c2)c1. The third-order valence-corrected chi connectivity index (χ3v) is 2.09. The molecule has 0 radical (unpaired) electrons. The normalized spacial score (nSPS) is 10.1. The smallest absolute Gasteiger partial charge is 0.246 e. The molecular formula is C11H12N4O2. The number of carbonyl (C=O) groups excluding carboxylic acids is 1. The highest BCUT2D eigenvalue weighted by Gasteiger charge is 2.04. The molecule has 2 aromatic rings. The molecule has 1 amide bonds. The molecule has 0 saturated heterocycles. The highest BCUT2D eigenvalue weighted by atomic mass is 16.3. The van der Waals surface area contributed by atoms with E-state index in [0.29, 0.717) is 11.4 Å². The van der Waals surface area contributed by atoms with E-state index in [1.165, 1.54) is 23.0 Å². The van der Waals surface area contributed by atoms with E-state index in [1.807, 2.05) is 0 Å². The molecule has 88 valence electrons. The molecule has 17 heavy (non-hydrogen) atoms. The maximum atomic E-state index is 11.6. The molecule has 6 heteroatoms. The van der Waals surface area contributed by atoms with Gasteiger partial charge in [0.15, 0.2) is 0 Å². The third kappa shape index (κ3) is 2.97. The summed E-state index contributed by atoms with van der Waals surface area (Å²) in [5.74, 6) is -0.134. The second-order valence-electron chi connectivity index (χ2n) is 3.57. The molecule has 6 nitrogen and oxygen atoms in total. The van der Waals surface area contributed by atoms with Gasteiger partial charge in [0.25, 0.3) is 0 Å². The summed E-state index contributed by atoms with van der Waals surface area (Å²) in [5, 5.41) is 15.8. The number of aromatic nitrogens is 2. The van der Waals surface area contributed by atoms with E-state index in [0.717, 1.165) is 0 Å². The Kier molecular flexibility index (Phi) is 2.95. The second-order valence-corrected chi connectivity index (χ2v) is 3.57. The topological polar surface area (TPSA) is 93.2 Å². The van der Waals surface area contributed by atoms with Gasteiger partial charge in [-0.05, 0) is 12.1 Å². The molecular weight excluding hydrogens is 220 g/mol. The van der Waals surface area contributed by atoms with Gasteiger partial charge in [0, 0.05) is 18.0 Å². The van der Waals surface area contributed by atoms with Crippen LogP contribution in [0.3, 0.4) is 0 Å². The number of amides is 1. The number of nitrogens with one attached hydrogen (secondary N) is 1. The van der Waals surface area contributed by atoms with Crippen molar-refractivity contribution in [3.8, 4) is 5.75 Å². The average Bonchev–Trinajstić information content (AvgIpc) is 2.63. The number of carbonyl (C=O) groups is 1. The Morgan fingerprint density at radius 3 is 3.00 bits per heavy atom. The fourth-order valence-electron chi connectivity index (χ4n) is 1.40. The highest BCUT2D eigenvalue weighted by Crippen LogP contribution is 2.15. The van der Waals surface area contributed by atoms with E-state index in [1.54, 1.807) is 18.3 Å². The highest BCUT2D eigenvalue weighted by molar-refractivity contribution is 5.90. The lowest BCUT2D eigenvalue weighted by molar-refractivity contribution is -0.116. The van der Waals surface area contributed by atoms with Crippen LogP contribution in [-0.4, -0.2) is 20.8 Å². The van der Waals surface area contributed by atoms with Crippen molar-refractivity contribution in [1.29, 1.82) is 0 Å². The largest absolute Gasteiger partial charge is 0.508 e. The lowest BCUT2D eigenvalue weighted by Crippen LogP contribution is -2.18. The van der Waals surface area contributed by atoms with E-state index in [2.05, 4.69) is 10.4 Å². The van der Waals surface area contributed by atoms with Crippen LogP contribution in [0.15, 0.2) is 36.7 Å². The number of phenols is 1. The molecule has 0 fully saturated rings. The molecule has 0 bridgehead atoms. The van der Waals surface area contributed by atoms with Crippen LogP contribution in [0.1, 0.15) is 0 Å². The number of nitrogens with two attached hydrogens (primary N) is 1. The van der Waals surface area contributed by atoms with Crippen LogP contribution in [-0.2, 0) is 11.3 Å². The summed E-state index contributed by atoms with van der Waals surface area (Å²) in [6.07, 6.45) is 3.05. The quantitative estimate of drug-likeness (QED) is 0.730. The van der Waals surface area contributed by atoms with Crippen LogP contribution >= 0.6 is 0 Å². The standard InChI is InChI=1S/C11H12N4O2/c12-8-5-13-15(6-8)7-11(17)14-9-2-1-3-10(16)4-9/h1-6,16H,7,12H2,(H,14,17). The van der Waals surface area contributed by atoms with Crippen molar-refractivity contribution < 1.29 is 9.90 Å². The molecule has 0 aliphatic rings. The van der Waals surface area contributed by atoms with Gasteiger partial charge in [0.1, 0.15) is 12.3 Å². The monoisotopic (exact) mass is 232 g/mol. The molecule has 4 N–H and O–H groups in total. The van der Waals surface area contributed by atoms with E-state index in [9.17, 15) is 9.90 Å². The number of hydrogen-bond acceptors (Lipinski definition) is 4. The number of nitrogens with zero attached hydrogens (tertiary/aromatic N) is 2. The number of phenolic OH excluding ortho intramolecular Hbond substituents is 1. The summed E-state index contributed by atoms with van der Waals surface area (Å²) in [6, 6.07) is 6.34. The molecule has 2 rings (SSSR count). The molecule has 1 aromatic carbocycles. The van der Waals surface area contributed by atoms with Gasteiger partial charge in [0.2, 0.25) is 5.91 Å². The minimum Gasteiger partial charge on any atom is -0.508 e. The van der Waals surface area contributed by atoms with Crippen molar-refractivity contribution in [1.82, 2.24) is 9.78 Å². The van der Waals surface area contributed by atoms with Crippen molar-refractivity contribution in [3.63, 3.8) is 0 Å². The van der Waals surface area contributed by atoms with Gasteiger partial charge in [0.05, 0.1) is 11.9 Å². The number of hydrogen-bond donors (Lipinski definition) is 3. The molecule has 0 atom stereocenters. The number of rotatable bonds is 3. The summed E-state index contributed by atoms with van der Waals surface area (Å²) in [4.78, 5) is 11.6. The number of aromatic hydroxyl groups is 1. The molecule has 0 saturated carbocycles. The average molecular weight is 232 g/mol. The summed E-state index contributed by atoms with van der Waals surface area (Å²) in [7, 11) is 0. The molecule has 0 aliphatic heterocycles. The van der Waals surface area contributed by atoms with Gasteiger partial charge >= 0.3 is 0 Å². The van der Waals surface area contributed by atoms with Gasteiger partial charge < -0.3 is 16.2 Å². The first-order valence-electron chi connectivity index (χ1n) is 5.00. The molecule has 1 heterocycles. The zero-order valence-corrected chi connectivity index (χ0v) is 9.00. The zero-order chi connectivity index (χ0) is 12.3. The van der Waals surface area contributed by atoms with Crippen molar-refractivity contribution in [3.05, 3.63) is 36.7 Å². The van der Waals surface area contributed by atoms with Gasteiger partial charge in [-0.1, -0.05) is 6.07 Å². The van der Waals surface area contributed by atoms with Crippen molar-refractivity contribution >= 4 is 17.3 Å². The van der Waals surface area contributed by atoms with E-state index >= 15 is 0 Å². The maximum Gasteiger partial charge on any atom is 0.246 e. The number of benzene rings is 1. The fraction of sp³-hybridized carbons (Fsp3) is 0.0909. The van der Waals surface area contributed by atoms with Gasteiger partial charge in [-0.3, -0.25) is 9.48 Å². The molecule has 0 unspecified atom stereocenters. The predicted octanol–water partition coefficient (Wildman–Crippen LogP) is 0.810. The Morgan fingerprint density at radius 1 is 1.53 bits per heavy atom. The lowest BCUT2D eigenvalue weighted by Gasteiger charge is -2.05. The summed E-state index contributed by atoms with van der Waals surface area (Å²) >= 11 is 0. The van der Waals surface area contributed by atoms with Gasteiger partial charge in [-0.25, -0.2) is 0 Å². The summed E-state index contributed by atoms with van der Waals surface area (Å²) in [6.45, 7) is 0.0762. The lowest BCUT2D eigenvalue weighted by atomic mass is 10.3. The first kappa shape index (κ1) is 11.0. The Balaban J connectivity index is 1.98.